The van der Waals surface area contributed by atoms with Crippen molar-refractivity contribution in [2.75, 3.05) is 6.54 Å². The molecule has 6 nitrogen and oxygen atoms in total. The lowest BCUT2D eigenvalue weighted by Crippen LogP contribution is -2.20. The maximum Gasteiger partial charge on any atom is 0.433 e. The van der Waals surface area contributed by atoms with E-state index in [0.29, 0.717) is 6.07 Å². The summed E-state index contributed by atoms with van der Waals surface area (Å²) in [5.41, 5.74) is 6.58. The maximum atomic E-state index is 12.5. The molecule has 0 fully saturated rings. The highest BCUT2D eigenvalue weighted by Gasteiger charge is 2.34. The van der Waals surface area contributed by atoms with Crippen LogP contribution in [0.5, 0.6) is 0 Å². The molecule has 0 aliphatic rings. The summed E-state index contributed by atoms with van der Waals surface area (Å²) in [5, 5.41) is 22.1. The number of halogens is 4. The van der Waals surface area contributed by atoms with Crippen LogP contribution in [0.15, 0.2) is 17.2 Å². The van der Waals surface area contributed by atoms with Gasteiger partial charge in [0, 0.05) is 11.5 Å². The predicted molar refractivity (Wildman–Crippen MR) is 63.8 cm³/mol. The van der Waals surface area contributed by atoms with Crippen LogP contribution in [-0.4, -0.2) is 27.8 Å². The summed E-state index contributed by atoms with van der Waals surface area (Å²) in [5.74, 6) is 0. The van der Waals surface area contributed by atoms with E-state index in [-0.39, 0.29) is 18.5 Å². The maximum absolute atomic E-state index is 12.5. The Labute approximate surface area is 116 Å². The fourth-order valence-electron chi connectivity index (χ4n) is 1.45. The second-order valence-corrected chi connectivity index (χ2v) is 4.25. The molecular formula is C10H10ClF3N4O2. The second kappa shape index (κ2) is 6.76. The van der Waals surface area contributed by atoms with Crippen molar-refractivity contribution in [1.82, 2.24) is 4.98 Å². The van der Waals surface area contributed by atoms with E-state index in [1.54, 1.807) is 0 Å². The van der Waals surface area contributed by atoms with Crippen molar-refractivity contribution < 1.29 is 23.4 Å². The van der Waals surface area contributed by atoms with Crippen LogP contribution in [0.25, 0.3) is 10.4 Å². The van der Waals surface area contributed by atoms with E-state index in [1.165, 1.54) is 0 Å². The van der Waals surface area contributed by atoms with E-state index in [9.17, 15) is 23.4 Å². The number of hydrogen-bond donors (Lipinski definition) is 2. The van der Waals surface area contributed by atoms with Crippen LogP contribution in [0.4, 0.5) is 13.2 Å². The largest absolute Gasteiger partial charge is 0.433 e. The molecule has 0 aliphatic heterocycles. The lowest BCUT2D eigenvalue weighted by atomic mass is 10.0. The Kier molecular flexibility index (Phi) is 5.58. The van der Waals surface area contributed by atoms with Crippen molar-refractivity contribution in [3.05, 3.63) is 39.0 Å². The number of azide groups is 1. The van der Waals surface area contributed by atoms with Gasteiger partial charge in [-0.05, 0) is 29.6 Å². The molecule has 0 amide bonds. The second-order valence-electron chi connectivity index (χ2n) is 3.86. The third-order valence-corrected chi connectivity index (χ3v) is 2.59. The number of aliphatic hydroxyl groups excluding tert-OH is 2. The molecule has 2 atom stereocenters. The van der Waals surface area contributed by atoms with Crippen LogP contribution in [0, 0.1) is 0 Å². The average molecular weight is 311 g/mol. The van der Waals surface area contributed by atoms with Gasteiger partial charge in [0.15, 0.2) is 0 Å². The number of aromatic nitrogens is 1. The van der Waals surface area contributed by atoms with Crippen molar-refractivity contribution in [3.8, 4) is 0 Å². The summed E-state index contributed by atoms with van der Waals surface area (Å²) in [6.07, 6.45) is -7.80. The van der Waals surface area contributed by atoms with E-state index in [1.807, 2.05) is 0 Å². The van der Waals surface area contributed by atoms with Gasteiger partial charge in [-0.3, -0.25) is 0 Å². The van der Waals surface area contributed by atoms with Gasteiger partial charge in [-0.15, -0.1) is 0 Å². The van der Waals surface area contributed by atoms with Gasteiger partial charge in [-0.1, -0.05) is 16.7 Å². The monoisotopic (exact) mass is 310 g/mol. The molecule has 0 aliphatic carbocycles. The molecule has 20 heavy (non-hydrogen) atoms. The predicted octanol–water partition coefficient (Wildman–Crippen LogP) is 2.85. The molecule has 1 aromatic rings. The fraction of sp³-hybridized carbons (Fsp3) is 0.500. The minimum absolute atomic E-state index is 0.0975. The molecule has 1 heterocycles. The standard InChI is InChI=1S/C10H10ClF3N4O2/c11-8-4-5(3-7(17-8)10(12,13)14)9(20)6(19)1-2-16-18-15/h3-4,6,9,19-20H,1-2H2. The Morgan fingerprint density at radius 3 is 2.60 bits per heavy atom. The molecular weight excluding hydrogens is 301 g/mol. The van der Waals surface area contributed by atoms with E-state index in [0.717, 1.165) is 6.07 Å². The molecule has 2 N–H and O–H groups in total. The molecule has 0 radical (unpaired) electrons. The zero-order valence-electron chi connectivity index (χ0n) is 9.92. The van der Waals surface area contributed by atoms with Crippen LogP contribution < -0.4 is 0 Å². The first-order valence-electron chi connectivity index (χ1n) is 5.37. The summed E-state index contributed by atoms with van der Waals surface area (Å²) >= 11 is 5.46. The van der Waals surface area contributed by atoms with Gasteiger partial charge in [-0.2, -0.15) is 13.2 Å². The average Bonchev–Trinajstić information content (AvgIpc) is 2.36. The van der Waals surface area contributed by atoms with Crippen LogP contribution in [0.1, 0.15) is 23.8 Å². The first-order valence-corrected chi connectivity index (χ1v) is 5.75. The molecule has 0 bridgehead atoms. The van der Waals surface area contributed by atoms with E-state index >= 15 is 0 Å². The van der Waals surface area contributed by atoms with Gasteiger partial charge in [0.1, 0.15) is 17.0 Å². The quantitative estimate of drug-likeness (QED) is 0.378. The van der Waals surface area contributed by atoms with Crippen molar-refractivity contribution in [1.29, 1.82) is 0 Å². The third-order valence-electron chi connectivity index (χ3n) is 2.40. The smallest absolute Gasteiger partial charge is 0.390 e. The Bertz CT molecular complexity index is 520. The van der Waals surface area contributed by atoms with Crippen molar-refractivity contribution in [3.63, 3.8) is 0 Å². The van der Waals surface area contributed by atoms with E-state index in [4.69, 9.17) is 17.1 Å². The number of aliphatic hydroxyl groups is 2. The molecule has 2 unspecified atom stereocenters. The zero-order valence-corrected chi connectivity index (χ0v) is 10.7. The van der Waals surface area contributed by atoms with Gasteiger partial charge in [0.2, 0.25) is 0 Å². The Hall–Kier alpha value is -1.54. The van der Waals surface area contributed by atoms with Crippen molar-refractivity contribution in [2.45, 2.75) is 24.8 Å². The lowest BCUT2D eigenvalue weighted by Gasteiger charge is -2.18. The molecule has 0 saturated carbocycles. The first-order chi connectivity index (χ1) is 9.25. The van der Waals surface area contributed by atoms with Crippen LogP contribution in [-0.2, 0) is 6.18 Å². The Morgan fingerprint density at radius 1 is 1.40 bits per heavy atom. The highest BCUT2D eigenvalue weighted by Crippen LogP contribution is 2.31. The minimum Gasteiger partial charge on any atom is -0.390 e. The van der Waals surface area contributed by atoms with Gasteiger partial charge in [0.25, 0.3) is 0 Å². The molecule has 10 heteroatoms. The topological polar surface area (TPSA) is 102 Å². The number of nitrogens with zero attached hydrogens (tertiary/aromatic N) is 4. The summed E-state index contributed by atoms with van der Waals surface area (Å²) in [6, 6.07) is 1.63. The molecule has 0 spiro atoms. The lowest BCUT2D eigenvalue weighted by molar-refractivity contribution is -0.141. The van der Waals surface area contributed by atoms with Crippen LogP contribution in [0.2, 0.25) is 5.15 Å². The Morgan fingerprint density at radius 2 is 2.05 bits per heavy atom. The fourth-order valence-corrected chi connectivity index (χ4v) is 1.66. The highest BCUT2D eigenvalue weighted by atomic mass is 35.5. The highest BCUT2D eigenvalue weighted by molar-refractivity contribution is 6.29. The van der Waals surface area contributed by atoms with Crippen LogP contribution in [0.3, 0.4) is 0 Å². The van der Waals surface area contributed by atoms with Gasteiger partial charge in [-0.25, -0.2) is 4.98 Å². The van der Waals surface area contributed by atoms with Gasteiger partial charge in [0.05, 0.1) is 6.10 Å². The molecule has 1 rings (SSSR count). The van der Waals surface area contributed by atoms with Crippen molar-refractivity contribution in [2.24, 2.45) is 5.11 Å². The normalized spacial score (nSPS) is 14.5. The van der Waals surface area contributed by atoms with E-state index < -0.39 is 29.2 Å². The molecule has 1 aromatic heterocycles. The molecule has 0 aromatic carbocycles. The van der Waals surface area contributed by atoms with Gasteiger partial charge >= 0.3 is 6.18 Å². The Balaban J connectivity index is 2.95. The SMILES string of the molecule is [N-]=[N+]=NCCC(O)C(O)c1cc(Cl)nc(C(F)(F)F)c1. The first kappa shape index (κ1) is 16.5. The van der Waals surface area contributed by atoms with Crippen LogP contribution >= 0.6 is 11.6 Å². The summed E-state index contributed by atoms with van der Waals surface area (Å²) < 4.78 is 37.6. The number of hydrogen-bond acceptors (Lipinski definition) is 4. The molecule has 110 valence electrons. The third kappa shape index (κ3) is 4.53. The minimum atomic E-state index is -4.71. The number of alkyl halides is 3. The zero-order chi connectivity index (χ0) is 15.3. The van der Waals surface area contributed by atoms with Gasteiger partial charge < -0.3 is 10.2 Å². The summed E-state index contributed by atoms with van der Waals surface area (Å²) in [6.45, 7) is -0.0975. The summed E-state index contributed by atoms with van der Waals surface area (Å²) in [4.78, 5) is 5.56. The van der Waals surface area contributed by atoms with Crippen molar-refractivity contribution >= 4 is 11.6 Å². The summed E-state index contributed by atoms with van der Waals surface area (Å²) in [7, 11) is 0. The van der Waals surface area contributed by atoms with E-state index in [2.05, 4.69) is 15.0 Å². The number of pyridine rings is 1. The molecule has 0 saturated heterocycles. The number of rotatable bonds is 5.